The zero-order valence-corrected chi connectivity index (χ0v) is 13.3. The predicted molar refractivity (Wildman–Crippen MR) is 86.6 cm³/mol. The van der Waals surface area contributed by atoms with Gasteiger partial charge >= 0.3 is 0 Å². The van der Waals surface area contributed by atoms with Crippen LogP contribution in [0.4, 0.5) is 0 Å². The van der Waals surface area contributed by atoms with Gasteiger partial charge in [-0.15, -0.1) is 0 Å². The van der Waals surface area contributed by atoms with Gasteiger partial charge in [0.05, 0.1) is 6.42 Å². The highest BCUT2D eigenvalue weighted by Gasteiger charge is 2.21. The SMILES string of the molecule is Cc1cccc(CC(=O)N(C)C[C@H]2CCc3nccn3C2)c1. The first-order valence-electron chi connectivity index (χ1n) is 7.91. The van der Waals surface area contributed by atoms with Crippen molar-refractivity contribution in [2.75, 3.05) is 13.6 Å². The van der Waals surface area contributed by atoms with Crippen LogP contribution in [0.15, 0.2) is 36.7 Å². The molecule has 116 valence electrons. The Morgan fingerprint density at radius 3 is 3.14 bits per heavy atom. The Hall–Kier alpha value is -2.10. The summed E-state index contributed by atoms with van der Waals surface area (Å²) in [5, 5.41) is 0. The first kappa shape index (κ1) is 14.8. The van der Waals surface area contributed by atoms with Crippen molar-refractivity contribution in [1.29, 1.82) is 0 Å². The van der Waals surface area contributed by atoms with Crippen molar-refractivity contribution in [3.05, 3.63) is 53.6 Å². The van der Waals surface area contributed by atoms with Gasteiger partial charge in [-0.3, -0.25) is 4.79 Å². The van der Waals surface area contributed by atoms with E-state index >= 15 is 0 Å². The van der Waals surface area contributed by atoms with Crippen LogP contribution in [0.2, 0.25) is 0 Å². The summed E-state index contributed by atoms with van der Waals surface area (Å²) in [4.78, 5) is 18.6. The third-order valence-electron chi connectivity index (χ3n) is 4.43. The van der Waals surface area contributed by atoms with E-state index in [1.165, 1.54) is 11.4 Å². The molecule has 22 heavy (non-hydrogen) atoms. The third kappa shape index (κ3) is 3.38. The van der Waals surface area contributed by atoms with Gasteiger partial charge in [-0.1, -0.05) is 29.8 Å². The maximum atomic E-state index is 12.4. The number of imidazole rings is 1. The molecule has 1 aliphatic rings. The van der Waals surface area contributed by atoms with Crippen LogP contribution in [0.3, 0.4) is 0 Å². The van der Waals surface area contributed by atoms with E-state index in [9.17, 15) is 4.79 Å². The largest absolute Gasteiger partial charge is 0.345 e. The minimum Gasteiger partial charge on any atom is -0.345 e. The van der Waals surface area contributed by atoms with Crippen molar-refractivity contribution in [1.82, 2.24) is 14.5 Å². The summed E-state index contributed by atoms with van der Waals surface area (Å²) in [6.07, 6.45) is 6.51. The van der Waals surface area contributed by atoms with Crippen molar-refractivity contribution in [3.63, 3.8) is 0 Å². The lowest BCUT2D eigenvalue weighted by atomic mass is 9.98. The molecule has 2 aromatic rings. The van der Waals surface area contributed by atoms with E-state index < -0.39 is 0 Å². The van der Waals surface area contributed by atoms with Gasteiger partial charge in [-0.2, -0.15) is 0 Å². The molecule has 4 nitrogen and oxygen atoms in total. The van der Waals surface area contributed by atoms with Crippen molar-refractivity contribution < 1.29 is 4.79 Å². The summed E-state index contributed by atoms with van der Waals surface area (Å²) >= 11 is 0. The molecule has 0 bridgehead atoms. The molecule has 0 saturated carbocycles. The molecule has 0 aliphatic carbocycles. The van der Waals surface area contributed by atoms with Crippen LogP contribution in [0.1, 0.15) is 23.4 Å². The quantitative estimate of drug-likeness (QED) is 0.869. The van der Waals surface area contributed by atoms with Gasteiger partial charge in [0, 0.05) is 39.0 Å². The summed E-state index contributed by atoms with van der Waals surface area (Å²) in [6, 6.07) is 8.18. The second-order valence-corrected chi connectivity index (χ2v) is 6.34. The average Bonchev–Trinajstić information content (AvgIpc) is 2.94. The fourth-order valence-corrected chi connectivity index (χ4v) is 3.21. The maximum absolute atomic E-state index is 12.4. The van der Waals surface area contributed by atoms with Gasteiger partial charge < -0.3 is 9.47 Å². The minimum absolute atomic E-state index is 0.196. The number of benzene rings is 1. The van der Waals surface area contributed by atoms with E-state index in [1.807, 2.05) is 36.5 Å². The van der Waals surface area contributed by atoms with Crippen molar-refractivity contribution >= 4 is 5.91 Å². The first-order chi connectivity index (χ1) is 10.6. The zero-order valence-electron chi connectivity index (χ0n) is 13.3. The number of hydrogen-bond acceptors (Lipinski definition) is 2. The van der Waals surface area contributed by atoms with Crippen LogP contribution in [0.5, 0.6) is 0 Å². The molecule has 2 heterocycles. The number of fused-ring (bicyclic) bond motifs is 1. The van der Waals surface area contributed by atoms with Gasteiger partial charge in [0.1, 0.15) is 5.82 Å². The lowest BCUT2D eigenvalue weighted by Gasteiger charge is -2.28. The molecule has 4 heteroatoms. The number of nitrogens with zero attached hydrogens (tertiary/aromatic N) is 3. The van der Waals surface area contributed by atoms with E-state index in [2.05, 4.69) is 28.6 Å². The minimum atomic E-state index is 0.196. The zero-order chi connectivity index (χ0) is 15.5. The third-order valence-corrected chi connectivity index (χ3v) is 4.43. The Bertz CT molecular complexity index is 662. The molecule has 0 fully saturated rings. The van der Waals surface area contributed by atoms with E-state index in [1.54, 1.807) is 0 Å². The Morgan fingerprint density at radius 1 is 1.45 bits per heavy atom. The highest BCUT2D eigenvalue weighted by atomic mass is 16.2. The average molecular weight is 297 g/mol. The molecule has 0 spiro atoms. The Balaban J connectivity index is 1.55. The number of hydrogen-bond donors (Lipinski definition) is 0. The van der Waals surface area contributed by atoms with Crippen LogP contribution in [-0.2, 0) is 24.2 Å². The van der Waals surface area contributed by atoms with E-state index in [-0.39, 0.29) is 5.91 Å². The maximum Gasteiger partial charge on any atom is 0.226 e. The smallest absolute Gasteiger partial charge is 0.226 e. The highest BCUT2D eigenvalue weighted by molar-refractivity contribution is 5.78. The van der Waals surface area contributed by atoms with Crippen molar-refractivity contribution in [2.45, 2.75) is 32.7 Å². The van der Waals surface area contributed by atoms with Crippen LogP contribution in [0.25, 0.3) is 0 Å². The number of likely N-dealkylation sites (N-methyl/N-ethyl adjacent to an activating group) is 1. The second kappa shape index (κ2) is 6.34. The second-order valence-electron chi connectivity index (χ2n) is 6.34. The molecule has 3 rings (SSSR count). The molecule has 0 saturated heterocycles. The molecular weight excluding hydrogens is 274 g/mol. The van der Waals surface area contributed by atoms with Gasteiger partial charge in [-0.25, -0.2) is 4.98 Å². The van der Waals surface area contributed by atoms with Crippen LogP contribution in [0, 0.1) is 12.8 Å². The molecule has 1 aliphatic heterocycles. The Labute approximate surface area is 131 Å². The van der Waals surface area contributed by atoms with Gasteiger partial charge in [0.2, 0.25) is 5.91 Å². The normalized spacial score (nSPS) is 17.1. The number of aromatic nitrogens is 2. The molecular formula is C18H23N3O. The van der Waals surface area contributed by atoms with Gasteiger partial charge in [-0.05, 0) is 24.8 Å². The summed E-state index contributed by atoms with van der Waals surface area (Å²) in [5.74, 6) is 1.89. The van der Waals surface area contributed by atoms with Crippen LogP contribution in [-0.4, -0.2) is 34.0 Å². The van der Waals surface area contributed by atoms with Crippen molar-refractivity contribution in [2.24, 2.45) is 5.92 Å². The Kier molecular flexibility index (Phi) is 4.27. The molecule has 0 N–H and O–H groups in total. The lowest BCUT2D eigenvalue weighted by Crippen LogP contribution is -2.36. The van der Waals surface area contributed by atoms with E-state index in [0.717, 1.165) is 31.5 Å². The molecule has 1 amide bonds. The topological polar surface area (TPSA) is 38.1 Å². The Morgan fingerprint density at radius 2 is 2.32 bits per heavy atom. The molecule has 0 radical (unpaired) electrons. The summed E-state index contributed by atoms with van der Waals surface area (Å²) in [7, 11) is 1.92. The van der Waals surface area contributed by atoms with Crippen LogP contribution < -0.4 is 0 Å². The fraction of sp³-hybridized carbons (Fsp3) is 0.444. The monoisotopic (exact) mass is 297 g/mol. The van der Waals surface area contributed by atoms with Crippen LogP contribution >= 0.6 is 0 Å². The number of amides is 1. The highest BCUT2D eigenvalue weighted by Crippen LogP contribution is 2.19. The number of rotatable bonds is 4. The van der Waals surface area contributed by atoms with Crippen molar-refractivity contribution in [3.8, 4) is 0 Å². The number of carbonyl (C=O) groups is 1. The van der Waals surface area contributed by atoms with E-state index in [0.29, 0.717) is 12.3 Å². The summed E-state index contributed by atoms with van der Waals surface area (Å²) < 4.78 is 2.22. The lowest BCUT2D eigenvalue weighted by molar-refractivity contribution is -0.129. The number of carbonyl (C=O) groups excluding carboxylic acids is 1. The summed E-state index contributed by atoms with van der Waals surface area (Å²) in [5.41, 5.74) is 2.30. The number of aryl methyl sites for hydroxylation is 2. The first-order valence-corrected chi connectivity index (χ1v) is 7.91. The summed E-state index contributed by atoms with van der Waals surface area (Å²) in [6.45, 7) is 3.85. The molecule has 1 atom stereocenters. The van der Waals surface area contributed by atoms with Gasteiger partial charge in [0.15, 0.2) is 0 Å². The predicted octanol–water partition coefficient (Wildman–Crippen LogP) is 2.46. The fourth-order valence-electron chi connectivity index (χ4n) is 3.21. The molecule has 1 aromatic heterocycles. The molecule has 1 aromatic carbocycles. The van der Waals surface area contributed by atoms with Gasteiger partial charge in [0.25, 0.3) is 0 Å². The molecule has 0 unspecified atom stereocenters. The standard InChI is InChI=1S/C18H23N3O/c1-14-4-3-5-15(10-14)11-18(22)20(2)12-16-6-7-17-19-8-9-21(17)13-16/h3-5,8-10,16H,6-7,11-13H2,1-2H3/t16-/m1/s1. The van der Waals surface area contributed by atoms with E-state index in [4.69, 9.17) is 0 Å².